The van der Waals surface area contributed by atoms with E-state index < -0.39 is 11.5 Å². The summed E-state index contributed by atoms with van der Waals surface area (Å²) in [6.07, 6.45) is 3.15. The van der Waals surface area contributed by atoms with Crippen LogP contribution in [0, 0.1) is 11.3 Å². The summed E-state index contributed by atoms with van der Waals surface area (Å²) in [6, 6.07) is 22.4. The van der Waals surface area contributed by atoms with Crippen molar-refractivity contribution in [1.29, 1.82) is 0 Å². The number of ether oxygens (including phenoxy) is 1. The van der Waals surface area contributed by atoms with E-state index >= 15 is 0 Å². The fourth-order valence-electron chi connectivity index (χ4n) is 7.15. The van der Waals surface area contributed by atoms with E-state index in [0.29, 0.717) is 36.6 Å². The van der Waals surface area contributed by atoms with Crippen molar-refractivity contribution in [2.24, 2.45) is 11.3 Å². The molecule has 6 nitrogen and oxygen atoms in total. The highest BCUT2D eigenvalue weighted by atomic mass is 16.5. The number of anilines is 1. The molecule has 1 saturated carbocycles. The molecular formula is C36H42N2O4. The molecule has 6 heteroatoms. The molecule has 220 valence electrons. The van der Waals surface area contributed by atoms with Crippen molar-refractivity contribution < 1.29 is 19.1 Å². The van der Waals surface area contributed by atoms with Crippen LogP contribution >= 0.6 is 0 Å². The summed E-state index contributed by atoms with van der Waals surface area (Å²) in [6.45, 7) is 8.49. The molecule has 0 aromatic heterocycles. The van der Waals surface area contributed by atoms with Crippen molar-refractivity contribution in [3.05, 3.63) is 95.1 Å². The summed E-state index contributed by atoms with van der Waals surface area (Å²) < 4.78 is 5.23. The molecule has 0 spiro atoms. The Hall–Kier alpha value is -3.93. The highest BCUT2D eigenvalue weighted by molar-refractivity contribution is 6.01. The number of carbonyl (C=O) groups excluding carboxylic acids is 3. The van der Waals surface area contributed by atoms with Crippen LogP contribution in [-0.2, 0) is 21.4 Å². The van der Waals surface area contributed by atoms with Crippen molar-refractivity contribution in [3.63, 3.8) is 0 Å². The zero-order chi connectivity index (χ0) is 30.1. The fraction of sp³-hybridized carbons (Fsp3) is 0.417. The number of fused-ring (bicyclic) bond motifs is 3. The fourth-order valence-corrected chi connectivity index (χ4v) is 7.15. The van der Waals surface area contributed by atoms with Gasteiger partial charge in [-0.2, -0.15) is 0 Å². The molecule has 0 aliphatic heterocycles. The van der Waals surface area contributed by atoms with E-state index in [1.54, 1.807) is 31.4 Å². The number of carbonyl (C=O) groups is 3. The molecule has 2 N–H and O–H groups in total. The van der Waals surface area contributed by atoms with Gasteiger partial charge >= 0.3 is 0 Å². The third-order valence-corrected chi connectivity index (χ3v) is 9.73. The predicted molar refractivity (Wildman–Crippen MR) is 166 cm³/mol. The number of methoxy groups -OCH3 is 1. The van der Waals surface area contributed by atoms with Crippen LogP contribution in [0.5, 0.6) is 5.75 Å². The maximum atomic E-state index is 14.3. The number of hydrogen-bond donors (Lipinski definition) is 2. The van der Waals surface area contributed by atoms with E-state index in [9.17, 15) is 14.4 Å². The molecule has 3 aromatic carbocycles. The van der Waals surface area contributed by atoms with Crippen molar-refractivity contribution in [1.82, 2.24) is 5.32 Å². The highest BCUT2D eigenvalue weighted by Crippen LogP contribution is 2.57. The lowest BCUT2D eigenvalue weighted by Gasteiger charge is -2.54. The van der Waals surface area contributed by atoms with Crippen LogP contribution < -0.4 is 15.4 Å². The SMILES string of the molecule is COc1ccc(NC(=O)[C@@H](Cc2ccccc2)NC(=O)[C@]2(C)CCC[C@]3(C)c4ccc(C(C)C)cc4C(=O)C[C@@H]23)cc1. The molecule has 0 bridgehead atoms. The zero-order valence-electron chi connectivity index (χ0n) is 25.3. The van der Waals surface area contributed by atoms with Crippen LogP contribution in [-0.4, -0.2) is 30.7 Å². The van der Waals surface area contributed by atoms with Gasteiger partial charge in [0.15, 0.2) is 5.78 Å². The first-order chi connectivity index (χ1) is 20.0. The Morgan fingerprint density at radius 1 is 0.976 bits per heavy atom. The van der Waals surface area contributed by atoms with Crippen LogP contribution in [0.25, 0.3) is 0 Å². The van der Waals surface area contributed by atoms with Gasteiger partial charge in [-0.25, -0.2) is 0 Å². The van der Waals surface area contributed by atoms with E-state index in [2.05, 4.69) is 49.6 Å². The monoisotopic (exact) mass is 566 g/mol. The predicted octanol–water partition coefficient (Wildman–Crippen LogP) is 6.84. The second kappa shape index (κ2) is 11.7. The molecule has 0 saturated heterocycles. The first-order valence-corrected chi connectivity index (χ1v) is 15.0. The summed E-state index contributed by atoms with van der Waals surface area (Å²) in [5, 5.41) is 6.11. The molecule has 0 unspecified atom stereocenters. The number of amides is 2. The topological polar surface area (TPSA) is 84.5 Å². The van der Waals surface area contributed by atoms with Gasteiger partial charge in [0.2, 0.25) is 11.8 Å². The Balaban J connectivity index is 1.43. The summed E-state index contributed by atoms with van der Waals surface area (Å²) in [7, 11) is 1.59. The molecule has 2 amide bonds. The molecule has 4 atom stereocenters. The number of nitrogens with one attached hydrogen (secondary N) is 2. The van der Waals surface area contributed by atoms with E-state index in [0.717, 1.165) is 35.1 Å². The largest absolute Gasteiger partial charge is 0.497 e. The Bertz CT molecular complexity index is 1470. The molecule has 42 heavy (non-hydrogen) atoms. The molecule has 0 heterocycles. The van der Waals surface area contributed by atoms with Gasteiger partial charge < -0.3 is 15.4 Å². The minimum atomic E-state index is -0.799. The van der Waals surface area contributed by atoms with Gasteiger partial charge in [-0.3, -0.25) is 14.4 Å². The molecular weight excluding hydrogens is 524 g/mol. The minimum Gasteiger partial charge on any atom is -0.497 e. The molecule has 2 aliphatic rings. The van der Waals surface area contributed by atoms with Gasteiger partial charge in [0.05, 0.1) is 12.5 Å². The van der Waals surface area contributed by atoms with E-state index in [4.69, 9.17) is 4.74 Å². The first kappa shape index (κ1) is 29.6. The smallest absolute Gasteiger partial charge is 0.247 e. The van der Waals surface area contributed by atoms with E-state index in [-0.39, 0.29) is 28.9 Å². The van der Waals surface area contributed by atoms with Gasteiger partial charge in [-0.1, -0.05) is 76.6 Å². The Labute approximate surface area is 249 Å². The Morgan fingerprint density at radius 3 is 2.36 bits per heavy atom. The number of rotatable bonds is 8. The van der Waals surface area contributed by atoms with Crippen LogP contribution in [0.15, 0.2) is 72.8 Å². The molecule has 3 aromatic rings. The second-order valence-electron chi connectivity index (χ2n) is 12.8. The molecule has 0 radical (unpaired) electrons. The number of ketones is 1. The normalized spacial score (nSPS) is 23.9. The summed E-state index contributed by atoms with van der Waals surface area (Å²) >= 11 is 0. The number of hydrogen-bond acceptors (Lipinski definition) is 4. The second-order valence-corrected chi connectivity index (χ2v) is 12.8. The first-order valence-electron chi connectivity index (χ1n) is 15.0. The third kappa shape index (κ3) is 5.59. The zero-order valence-corrected chi connectivity index (χ0v) is 25.3. The summed E-state index contributed by atoms with van der Waals surface area (Å²) in [4.78, 5) is 41.5. The lowest BCUT2D eigenvalue weighted by Crippen LogP contribution is -2.58. The number of benzene rings is 3. The lowest BCUT2D eigenvalue weighted by atomic mass is 9.49. The van der Waals surface area contributed by atoms with E-state index in [1.807, 2.05) is 37.3 Å². The Morgan fingerprint density at radius 2 is 1.69 bits per heavy atom. The van der Waals surface area contributed by atoms with Gasteiger partial charge in [0.25, 0.3) is 0 Å². The summed E-state index contributed by atoms with van der Waals surface area (Å²) in [5.41, 5.74) is 3.51. The van der Waals surface area contributed by atoms with Gasteiger partial charge in [0, 0.05) is 24.1 Å². The van der Waals surface area contributed by atoms with Crippen LogP contribution in [0.2, 0.25) is 0 Å². The highest BCUT2D eigenvalue weighted by Gasteiger charge is 2.57. The third-order valence-electron chi connectivity index (χ3n) is 9.73. The summed E-state index contributed by atoms with van der Waals surface area (Å²) in [5.74, 6) is 0.519. The molecule has 2 aliphatic carbocycles. The average Bonchev–Trinajstić information content (AvgIpc) is 2.98. The standard InChI is InChI=1S/C36H42N2O4/c1-23(2)25-12-17-29-28(21-25)31(39)22-32-35(29,3)18-9-19-36(32,4)34(41)38-30(20-24-10-7-6-8-11-24)33(40)37-26-13-15-27(42-5)16-14-26/h6-8,10-17,21,23,30,32H,9,18-20,22H2,1-5H3,(H,37,40)(H,38,41)/t30-,32-,35-,36-/m1/s1. The maximum Gasteiger partial charge on any atom is 0.247 e. The van der Waals surface area contributed by atoms with Crippen LogP contribution in [0.3, 0.4) is 0 Å². The van der Waals surface area contributed by atoms with Crippen molar-refractivity contribution in [2.45, 2.75) is 77.2 Å². The van der Waals surface area contributed by atoms with Crippen LogP contribution in [0.4, 0.5) is 5.69 Å². The Kier molecular flexibility index (Phi) is 8.27. The van der Waals surface area contributed by atoms with Gasteiger partial charge in [-0.05, 0) is 77.1 Å². The van der Waals surface area contributed by atoms with Gasteiger partial charge in [0.1, 0.15) is 11.8 Å². The average molecular weight is 567 g/mol. The quantitative estimate of drug-likeness (QED) is 0.313. The number of Topliss-reactive ketones (excluding diaryl/α,β-unsaturated/α-hetero) is 1. The molecule has 5 rings (SSSR count). The lowest BCUT2D eigenvalue weighted by molar-refractivity contribution is -0.140. The van der Waals surface area contributed by atoms with Crippen molar-refractivity contribution >= 4 is 23.3 Å². The van der Waals surface area contributed by atoms with Gasteiger partial charge in [-0.15, -0.1) is 0 Å². The van der Waals surface area contributed by atoms with Crippen LogP contribution in [0.1, 0.15) is 86.3 Å². The van der Waals surface area contributed by atoms with E-state index in [1.165, 1.54) is 0 Å². The van der Waals surface area contributed by atoms with Crippen molar-refractivity contribution in [2.75, 3.05) is 12.4 Å². The maximum absolute atomic E-state index is 14.3. The van der Waals surface area contributed by atoms with Crippen molar-refractivity contribution in [3.8, 4) is 5.75 Å². The molecule has 1 fully saturated rings. The minimum absolute atomic E-state index is 0.106.